The van der Waals surface area contributed by atoms with Gasteiger partial charge in [0, 0.05) is 24.9 Å². The Bertz CT molecular complexity index is 633. The molecule has 1 aromatic heterocycles. The average molecular weight is 331 g/mol. The molecule has 1 aliphatic carbocycles. The molecule has 0 aliphatic heterocycles. The van der Waals surface area contributed by atoms with Gasteiger partial charge in [0.1, 0.15) is 4.88 Å². The Balaban J connectivity index is 2.16. The van der Waals surface area contributed by atoms with Crippen molar-refractivity contribution in [3.8, 4) is 0 Å². The van der Waals surface area contributed by atoms with Gasteiger partial charge in [-0.1, -0.05) is 6.92 Å². The molecule has 0 spiro atoms. The third-order valence-electron chi connectivity index (χ3n) is 3.54. The van der Waals surface area contributed by atoms with Crippen molar-refractivity contribution >= 4 is 37.8 Å². The molecule has 1 saturated carbocycles. The third kappa shape index (κ3) is 3.68. The zero-order valence-corrected chi connectivity index (χ0v) is 13.9. The molecule has 0 saturated heterocycles. The van der Waals surface area contributed by atoms with Gasteiger partial charge in [-0.25, -0.2) is 8.42 Å². The fourth-order valence-corrected chi connectivity index (χ4v) is 3.99. The molecule has 1 heterocycles. The maximum Gasteiger partial charge on any atom is 0.263 e. The molecule has 21 heavy (non-hydrogen) atoms. The number of hydrogen-bond donors (Lipinski definition) is 3. The Kier molecular flexibility index (Phi) is 4.77. The standard InChI is InChI=1S/C13H21N3O3S2/c1-3-21(18,19)7-6-16-13-9(8-4-5-8)10(14)11(20-13)12(17)15-2/h8,16H,3-7,14H2,1-2H3,(H,15,17). The highest BCUT2D eigenvalue weighted by atomic mass is 32.2. The van der Waals surface area contributed by atoms with Gasteiger partial charge < -0.3 is 16.4 Å². The molecule has 2 rings (SSSR count). The van der Waals surface area contributed by atoms with Crippen molar-refractivity contribution in [2.24, 2.45) is 0 Å². The number of amides is 1. The second-order valence-corrected chi connectivity index (χ2v) is 8.60. The molecular formula is C13H21N3O3S2. The summed E-state index contributed by atoms with van der Waals surface area (Å²) in [6, 6.07) is 0. The summed E-state index contributed by atoms with van der Waals surface area (Å²) in [4.78, 5) is 12.3. The van der Waals surface area contributed by atoms with Crippen LogP contribution in [0, 0.1) is 0 Å². The van der Waals surface area contributed by atoms with Crippen molar-refractivity contribution in [2.45, 2.75) is 25.7 Å². The summed E-state index contributed by atoms with van der Waals surface area (Å²) in [7, 11) is -1.43. The lowest BCUT2D eigenvalue weighted by Crippen LogP contribution is -2.17. The molecule has 0 atom stereocenters. The van der Waals surface area contributed by atoms with Gasteiger partial charge in [-0.05, 0) is 18.8 Å². The molecule has 0 aromatic carbocycles. The second-order valence-electron chi connectivity index (χ2n) is 5.10. The number of rotatable bonds is 7. The third-order valence-corrected chi connectivity index (χ3v) is 6.42. The van der Waals surface area contributed by atoms with E-state index in [-0.39, 0.29) is 17.4 Å². The van der Waals surface area contributed by atoms with E-state index in [0.29, 0.717) is 23.0 Å². The molecular weight excluding hydrogens is 310 g/mol. The summed E-state index contributed by atoms with van der Waals surface area (Å²) in [5.74, 6) is 0.416. The molecule has 0 unspecified atom stereocenters. The van der Waals surface area contributed by atoms with Crippen LogP contribution < -0.4 is 16.4 Å². The first-order valence-corrected chi connectivity index (χ1v) is 9.62. The van der Waals surface area contributed by atoms with E-state index in [1.165, 1.54) is 11.3 Å². The average Bonchev–Trinajstić information content (AvgIpc) is 3.23. The number of anilines is 2. The topological polar surface area (TPSA) is 101 Å². The van der Waals surface area contributed by atoms with Gasteiger partial charge in [0.25, 0.3) is 5.91 Å². The second kappa shape index (κ2) is 6.23. The van der Waals surface area contributed by atoms with Gasteiger partial charge in [0.2, 0.25) is 0 Å². The van der Waals surface area contributed by atoms with Crippen molar-refractivity contribution in [1.82, 2.24) is 5.32 Å². The highest BCUT2D eigenvalue weighted by Crippen LogP contribution is 2.50. The predicted octanol–water partition coefficient (Wildman–Crippen LogP) is 1.41. The van der Waals surface area contributed by atoms with Crippen LogP contribution in [-0.4, -0.2) is 39.4 Å². The summed E-state index contributed by atoms with van der Waals surface area (Å²) in [5, 5.41) is 6.56. The van der Waals surface area contributed by atoms with E-state index in [4.69, 9.17) is 5.73 Å². The SMILES string of the molecule is CCS(=O)(=O)CCNc1sc(C(=O)NC)c(N)c1C1CC1. The van der Waals surface area contributed by atoms with E-state index in [0.717, 1.165) is 23.4 Å². The minimum absolute atomic E-state index is 0.0840. The van der Waals surface area contributed by atoms with Crippen molar-refractivity contribution in [2.75, 3.05) is 36.1 Å². The molecule has 6 nitrogen and oxygen atoms in total. The molecule has 0 radical (unpaired) electrons. The van der Waals surface area contributed by atoms with Crippen LogP contribution >= 0.6 is 11.3 Å². The Morgan fingerprint density at radius 3 is 2.62 bits per heavy atom. The molecule has 1 aliphatic rings. The van der Waals surface area contributed by atoms with Crippen LogP contribution in [0.25, 0.3) is 0 Å². The summed E-state index contributed by atoms with van der Waals surface area (Å²) in [6.45, 7) is 1.97. The maximum absolute atomic E-state index is 11.8. The molecule has 118 valence electrons. The number of nitrogens with two attached hydrogens (primary N) is 1. The van der Waals surface area contributed by atoms with Crippen molar-refractivity contribution < 1.29 is 13.2 Å². The Labute approximate surface area is 129 Å². The first-order chi connectivity index (χ1) is 9.89. The fraction of sp³-hybridized carbons (Fsp3) is 0.615. The first kappa shape index (κ1) is 16.1. The normalized spacial score (nSPS) is 15.0. The van der Waals surface area contributed by atoms with Crippen molar-refractivity contribution in [3.05, 3.63) is 10.4 Å². The molecule has 1 aromatic rings. The number of nitrogens with one attached hydrogen (secondary N) is 2. The van der Waals surface area contributed by atoms with E-state index in [2.05, 4.69) is 10.6 Å². The van der Waals surface area contributed by atoms with Crippen molar-refractivity contribution in [1.29, 1.82) is 0 Å². The van der Waals surface area contributed by atoms with Crippen LogP contribution in [0.1, 0.15) is 40.9 Å². The van der Waals surface area contributed by atoms with Gasteiger partial charge in [-0.2, -0.15) is 0 Å². The van der Waals surface area contributed by atoms with Crippen LogP contribution in [-0.2, 0) is 9.84 Å². The highest BCUT2D eigenvalue weighted by Gasteiger charge is 2.32. The maximum atomic E-state index is 11.8. The van der Waals surface area contributed by atoms with Crippen LogP contribution in [0.3, 0.4) is 0 Å². The van der Waals surface area contributed by atoms with Gasteiger partial charge in [0.15, 0.2) is 9.84 Å². The highest BCUT2D eigenvalue weighted by molar-refractivity contribution is 7.91. The summed E-state index contributed by atoms with van der Waals surface area (Å²) >= 11 is 1.30. The van der Waals surface area contributed by atoms with Gasteiger partial charge in [0.05, 0.1) is 16.4 Å². The lowest BCUT2D eigenvalue weighted by Gasteiger charge is -2.07. The number of hydrogen-bond acceptors (Lipinski definition) is 6. The molecule has 8 heteroatoms. The van der Waals surface area contributed by atoms with Crippen LogP contribution in [0.5, 0.6) is 0 Å². The molecule has 0 bridgehead atoms. The zero-order chi connectivity index (χ0) is 15.6. The number of sulfone groups is 1. The number of nitrogen functional groups attached to an aromatic ring is 1. The summed E-state index contributed by atoms with van der Waals surface area (Å²) < 4.78 is 23.0. The van der Waals surface area contributed by atoms with Crippen molar-refractivity contribution in [3.63, 3.8) is 0 Å². The van der Waals surface area contributed by atoms with Crippen LogP contribution in [0.2, 0.25) is 0 Å². The Morgan fingerprint density at radius 2 is 2.10 bits per heavy atom. The summed E-state index contributed by atoms with van der Waals surface area (Å²) in [6.07, 6.45) is 2.13. The van der Waals surface area contributed by atoms with Gasteiger partial charge >= 0.3 is 0 Å². The molecule has 1 amide bonds. The zero-order valence-electron chi connectivity index (χ0n) is 12.2. The lowest BCUT2D eigenvalue weighted by molar-refractivity contribution is 0.0968. The van der Waals surface area contributed by atoms with E-state index in [9.17, 15) is 13.2 Å². The number of thiophene rings is 1. The van der Waals surface area contributed by atoms with Crippen LogP contribution in [0.4, 0.5) is 10.7 Å². The molecule has 4 N–H and O–H groups in total. The first-order valence-electron chi connectivity index (χ1n) is 6.98. The minimum Gasteiger partial charge on any atom is -0.397 e. The Morgan fingerprint density at radius 1 is 1.43 bits per heavy atom. The lowest BCUT2D eigenvalue weighted by atomic mass is 10.1. The van der Waals surface area contributed by atoms with E-state index >= 15 is 0 Å². The Hall–Kier alpha value is -1.28. The smallest absolute Gasteiger partial charge is 0.263 e. The number of carbonyl (C=O) groups is 1. The predicted molar refractivity (Wildman–Crippen MR) is 86.9 cm³/mol. The van der Waals surface area contributed by atoms with Gasteiger partial charge in [-0.3, -0.25) is 4.79 Å². The fourth-order valence-electron chi connectivity index (χ4n) is 2.11. The monoisotopic (exact) mass is 331 g/mol. The van der Waals surface area contributed by atoms with E-state index in [1.54, 1.807) is 14.0 Å². The minimum atomic E-state index is -3.00. The van der Waals surface area contributed by atoms with E-state index in [1.807, 2.05) is 0 Å². The molecule has 1 fully saturated rings. The quantitative estimate of drug-likeness (QED) is 0.701. The van der Waals surface area contributed by atoms with E-state index < -0.39 is 9.84 Å². The largest absolute Gasteiger partial charge is 0.397 e. The van der Waals surface area contributed by atoms with Gasteiger partial charge in [-0.15, -0.1) is 11.3 Å². The number of carbonyl (C=O) groups excluding carboxylic acids is 1. The van der Waals surface area contributed by atoms with Crippen LogP contribution in [0.15, 0.2) is 0 Å². The summed E-state index contributed by atoms with van der Waals surface area (Å²) in [5.41, 5.74) is 7.61.